The van der Waals surface area contributed by atoms with E-state index in [1.165, 1.54) is 0 Å². The van der Waals surface area contributed by atoms with Crippen LogP contribution in [0.15, 0.2) is 23.2 Å². The van der Waals surface area contributed by atoms with Gasteiger partial charge in [-0.25, -0.2) is 0 Å². The number of aliphatic imine (C=N–C) groups is 1. The summed E-state index contributed by atoms with van der Waals surface area (Å²) < 4.78 is 22.8. The molecule has 2 aliphatic heterocycles. The van der Waals surface area contributed by atoms with Crippen LogP contribution in [0.2, 0.25) is 0 Å². The molecule has 0 aliphatic carbocycles. The van der Waals surface area contributed by atoms with Crippen molar-refractivity contribution in [2.24, 2.45) is 4.99 Å². The average Bonchev–Trinajstić information content (AvgIpc) is 3.14. The molecule has 1 fully saturated rings. The molecule has 8 heteroatoms. The zero-order chi connectivity index (χ0) is 20.2. The summed E-state index contributed by atoms with van der Waals surface area (Å²) in [6.07, 6.45) is 6.57. The summed E-state index contributed by atoms with van der Waals surface area (Å²) in [4.78, 5) is 4.70. The van der Waals surface area contributed by atoms with Crippen LogP contribution >= 0.6 is 24.0 Å². The van der Waals surface area contributed by atoms with E-state index in [2.05, 4.69) is 17.6 Å². The van der Waals surface area contributed by atoms with Gasteiger partial charge in [0.05, 0.1) is 25.9 Å². The number of fused-ring (bicyclic) bond motifs is 1. The van der Waals surface area contributed by atoms with Crippen molar-refractivity contribution in [1.29, 1.82) is 0 Å². The van der Waals surface area contributed by atoms with Gasteiger partial charge in [0.15, 0.2) is 17.5 Å². The van der Waals surface area contributed by atoms with Gasteiger partial charge in [-0.2, -0.15) is 0 Å². The van der Waals surface area contributed by atoms with Gasteiger partial charge in [-0.05, 0) is 37.8 Å². The average molecular weight is 533 g/mol. The summed E-state index contributed by atoms with van der Waals surface area (Å²) in [6.45, 7) is 7.42. The Bertz CT molecular complexity index is 639. The Labute approximate surface area is 197 Å². The van der Waals surface area contributed by atoms with Crippen LogP contribution in [0.1, 0.15) is 45.4 Å². The smallest absolute Gasteiger partial charge is 0.195 e. The maximum absolute atomic E-state index is 5.78. The third kappa shape index (κ3) is 8.85. The third-order valence-corrected chi connectivity index (χ3v) is 4.88. The van der Waals surface area contributed by atoms with Crippen LogP contribution in [-0.4, -0.2) is 58.2 Å². The zero-order valence-electron chi connectivity index (χ0n) is 18.0. The van der Waals surface area contributed by atoms with E-state index in [1.807, 2.05) is 18.2 Å². The quantitative estimate of drug-likeness (QED) is 0.203. The molecule has 1 aromatic carbocycles. The number of nitrogens with zero attached hydrogens (tertiary/aromatic N) is 1. The van der Waals surface area contributed by atoms with E-state index in [9.17, 15) is 0 Å². The van der Waals surface area contributed by atoms with E-state index in [-0.39, 0.29) is 30.1 Å². The number of nitrogens with one attached hydrogen (secondary N) is 2. The lowest BCUT2D eigenvalue weighted by atomic mass is 10.2. The number of halogens is 1. The molecule has 3 rings (SSSR count). The predicted molar refractivity (Wildman–Crippen MR) is 131 cm³/mol. The van der Waals surface area contributed by atoms with Gasteiger partial charge in [0.1, 0.15) is 0 Å². The minimum Gasteiger partial charge on any atom is -0.490 e. The highest BCUT2D eigenvalue weighted by Gasteiger charge is 2.15. The van der Waals surface area contributed by atoms with Gasteiger partial charge in [-0.1, -0.05) is 13.3 Å². The molecule has 30 heavy (non-hydrogen) atoms. The molecule has 1 aromatic rings. The Kier molecular flexibility index (Phi) is 12.2. The van der Waals surface area contributed by atoms with Crippen LogP contribution in [-0.2, 0) is 9.47 Å². The molecule has 2 aliphatic rings. The minimum atomic E-state index is 0. The number of hydrogen-bond donors (Lipinski definition) is 2. The molecule has 2 heterocycles. The minimum absolute atomic E-state index is 0. The molecular formula is C22H36IN3O4. The number of rotatable bonds is 10. The fraction of sp³-hybridized carbons (Fsp3) is 0.682. The fourth-order valence-corrected chi connectivity index (χ4v) is 3.25. The summed E-state index contributed by atoms with van der Waals surface area (Å²) in [7, 11) is 0. The van der Waals surface area contributed by atoms with E-state index in [0.717, 1.165) is 74.8 Å². The highest BCUT2D eigenvalue weighted by molar-refractivity contribution is 14.0. The van der Waals surface area contributed by atoms with Crippen molar-refractivity contribution in [1.82, 2.24) is 5.32 Å². The molecule has 0 aromatic heterocycles. The maximum Gasteiger partial charge on any atom is 0.195 e. The third-order valence-electron chi connectivity index (χ3n) is 4.88. The van der Waals surface area contributed by atoms with Gasteiger partial charge in [-0.3, -0.25) is 4.99 Å². The molecule has 7 nitrogen and oxygen atoms in total. The van der Waals surface area contributed by atoms with Crippen molar-refractivity contribution in [2.45, 2.75) is 51.6 Å². The van der Waals surface area contributed by atoms with Crippen LogP contribution in [0.5, 0.6) is 11.5 Å². The van der Waals surface area contributed by atoms with E-state index in [0.29, 0.717) is 33.0 Å². The molecule has 2 N–H and O–H groups in total. The number of benzene rings is 1. The van der Waals surface area contributed by atoms with Crippen LogP contribution in [0.25, 0.3) is 0 Å². The van der Waals surface area contributed by atoms with Gasteiger partial charge in [-0.15, -0.1) is 24.0 Å². The predicted octanol–water partition coefficient (Wildman–Crippen LogP) is 4.21. The van der Waals surface area contributed by atoms with E-state index in [4.69, 9.17) is 23.9 Å². The molecule has 1 saturated heterocycles. The van der Waals surface area contributed by atoms with Crippen molar-refractivity contribution in [2.75, 3.05) is 51.4 Å². The Balaban J connectivity index is 0.00000320. The zero-order valence-corrected chi connectivity index (χ0v) is 20.3. The lowest BCUT2D eigenvalue weighted by Crippen LogP contribution is -2.32. The van der Waals surface area contributed by atoms with Crippen LogP contribution < -0.4 is 20.1 Å². The number of hydrogen-bond acceptors (Lipinski definition) is 5. The van der Waals surface area contributed by atoms with Crippen molar-refractivity contribution in [3.8, 4) is 11.5 Å². The molecule has 1 unspecified atom stereocenters. The summed E-state index contributed by atoms with van der Waals surface area (Å²) in [5.74, 6) is 2.36. The molecule has 0 saturated carbocycles. The first-order valence-corrected chi connectivity index (χ1v) is 11.0. The molecule has 1 atom stereocenters. The van der Waals surface area contributed by atoms with E-state index >= 15 is 0 Å². The number of guanidine groups is 1. The fourth-order valence-electron chi connectivity index (χ4n) is 3.25. The van der Waals surface area contributed by atoms with Crippen LogP contribution in [0, 0.1) is 0 Å². The van der Waals surface area contributed by atoms with Crippen molar-refractivity contribution in [3.05, 3.63) is 18.2 Å². The van der Waals surface area contributed by atoms with Gasteiger partial charge in [0.2, 0.25) is 0 Å². The lowest BCUT2D eigenvalue weighted by molar-refractivity contribution is 0.0171. The van der Waals surface area contributed by atoms with Crippen molar-refractivity contribution < 1.29 is 18.9 Å². The van der Waals surface area contributed by atoms with Gasteiger partial charge in [0.25, 0.3) is 0 Å². The number of anilines is 1. The van der Waals surface area contributed by atoms with E-state index in [1.54, 1.807) is 0 Å². The summed E-state index contributed by atoms with van der Waals surface area (Å²) in [6, 6.07) is 5.92. The van der Waals surface area contributed by atoms with Crippen molar-refractivity contribution >= 4 is 35.6 Å². The largest absolute Gasteiger partial charge is 0.490 e. The van der Waals surface area contributed by atoms with Gasteiger partial charge in [0, 0.05) is 44.5 Å². The molecular weight excluding hydrogens is 497 g/mol. The Morgan fingerprint density at radius 1 is 1.13 bits per heavy atom. The summed E-state index contributed by atoms with van der Waals surface area (Å²) >= 11 is 0. The topological polar surface area (TPSA) is 73.3 Å². The van der Waals surface area contributed by atoms with Crippen molar-refractivity contribution in [3.63, 3.8) is 0 Å². The molecule has 0 radical (unpaired) electrons. The van der Waals surface area contributed by atoms with Crippen LogP contribution in [0.3, 0.4) is 0 Å². The summed E-state index contributed by atoms with van der Waals surface area (Å²) in [5.41, 5.74) is 0.937. The summed E-state index contributed by atoms with van der Waals surface area (Å²) in [5, 5.41) is 6.79. The number of ether oxygens (including phenoxy) is 4. The van der Waals surface area contributed by atoms with E-state index < -0.39 is 0 Å². The highest BCUT2D eigenvalue weighted by atomic mass is 127. The molecule has 0 amide bonds. The second kappa shape index (κ2) is 14.7. The normalized spacial score (nSPS) is 18.4. The second-order valence-corrected chi connectivity index (χ2v) is 7.41. The monoisotopic (exact) mass is 533 g/mol. The highest BCUT2D eigenvalue weighted by Crippen LogP contribution is 2.32. The first-order chi connectivity index (χ1) is 14.3. The Hall–Kier alpha value is -1.26. The Morgan fingerprint density at radius 3 is 2.80 bits per heavy atom. The van der Waals surface area contributed by atoms with Gasteiger partial charge >= 0.3 is 0 Å². The Morgan fingerprint density at radius 2 is 2.00 bits per heavy atom. The number of unbranched alkanes of at least 4 members (excludes halogenated alkanes) is 1. The standard InChI is InChI=1S/C22H35N3O4.HI/c1-2-3-10-23-22(24-11-5-12-26-17-19-7-4-13-27-19)25-18-8-9-20-21(16-18)29-15-6-14-28-20;/h8-9,16,19H,2-7,10-15,17H2,1H3,(H2,23,24,25);1H. The van der Waals surface area contributed by atoms with Crippen LogP contribution in [0.4, 0.5) is 5.69 Å². The molecule has 0 spiro atoms. The lowest BCUT2D eigenvalue weighted by Gasteiger charge is -2.14. The first-order valence-electron chi connectivity index (χ1n) is 11.0. The maximum atomic E-state index is 5.78. The first kappa shape index (κ1) is 25.0. The SMILES string of the molecule is CCCCNC(=NCCCOCC1CCCO1)Nc1ccc2c(c1)OCCCO2.I. The van der Waals surface area contributed by atoms with Gasteiger partial charge < -0.3 is 29.6 Å². The molecule has 0 bridgehead atoms. The second-order valence-electron chi connectivity index (χ2n) is 7.41. The molecule has 170 valence electrons.